The molecule has 5 nitrogen and oxygen atoms in total. The minimum absolute atomic E-state index is 0.0168. The molecule has 17 heavy (non-hydrogen) atoms. The smallest absolute Gasteiger partial charge is 0.230 e. The van der Waals surface area contributed by atoms with Gasteiger partial charge in [-0.25, -0.2) is 8.42 Å². The number of carbonyl (C=O) groups is 1. The van der Waals surface area contributed by atoms with Crippen molar-refractivity contribution >= 4 is 21.4 Å². The van der Waals surface area contributed by atoms with Crippen molar-refractivity contribution in [3.8, 4) is 0 Å². The zero-order valence-electron chi connectivity index (χ0n) is 9.43. The number of benzene rings is 1. The Morgan fingerprint density at radius 3 is 2.65 bits per heavy atom. The zero-order valence-corrected chi connectivity index (χ0v) is 10.3. The molecule has 1 fully saturated rings. The van der Waals surface area contributed by atoms with E-state index in [4.69, 9.17) is 0 Å². The first kappa shape index (κ1) is 12.1. The van der Waals surface area contributed by atoms with E-state index in [2.05, 4.69) is 10.6 Å². The van der Waals surface area contributed by atoms with Gasteiger partial charge in [-0.2, -0.15) is 0 Å². The van der Waals surface area contributed by atoms with E-state index in [9.17, 15) is 13.2 Å². The van der Waals surface area contributed by atoms with Crippen molar-refractivity contribution in [3.05, 3.63) is 24.3 Å². The minimum atomic E-state index is -3.24. The van der Waals surface area contributed by atoms with Gasteiger partial charge in [-0.3, -0.25) is 4.79 Å². The van der Waals surface area contributed by atoms with Crippen LogP contribution in [0.25, 0.3) is 0 Å². The van der Waals surface area contributed by atoms with Gasteiger partial charge in [0.05, 0.1) is 10.8 Å². The van der Waals surface area contributed by atoms with Crippen LogP contribution in [-0.4, -0.2) is 33.7 Å². The van der Waals surface area contributed by atoms with Gasteiger partial charge in [0.15, 0.2) is 9.84 Å². The molecule has 92 valence electrons. The first-order valence-corrected chi connectivity index (χ1v) is 7.17. The third kappa shape index (κ3) is 2.83. The van der Waals surface area contributed by atoms with E-state index in [-0.39, 0.29) is 16.7 Å². The second kappa shape index (κ2) is 4.46. The third-order valence-electron chi connectivity index (χ3n) is 2.68. The van der Waals surface area contributed by atoms with Crippen molar-refractivity contribution in [2.24, 2.45) is 5.92 Å². The Labute approximate surface area is 100 Å². The molecule has 1 aliphatic rings. The van der Waals surface area contributed by atoms with Gasteiger partial charge in [0.25, 0.3) is 0 Å². The molecular formula is C11H14N2O3S. The topological polar surface area (TPSA) is 75.3 Å². The van der Waals surface area contributed by atoms with Gasteiger partial charge in [0, 0.05) is 25.0 Å². The number of nitrogens with one attached hydrogen (secondary N) is 2. The quantitative estimate of drug-likeness (QED) is 0.810. The number of carbonyl (C=O) groups excluding carboxylic acids is 1. The Bertz CT molecular complexity index is 535. The van der Waals surface area contributed by atoms with Crippen LogP contribution in [0.1, 0.15) is 0 Å². The van der Waals surface area contributed by atoms with Crippen LogP contribution < -0.4 is 10.6 Å². The van der Waals surface area contributed by atoms with E-state index in [1.807, 2.05) is 0 Å². The van der Waals surface area contributed by atoms with Crippen LogP contribution in [-0.2, 0) is 14.6 Å². The van der Waals surface area contributed by atoms with Crippen LogP contribution in [0.3, 0.4) is 0 Å². The molecule has 1 saturated heterocycles. The summed E-state index contributed by atoms with van der Waals surface area (Å²) in [5.41, 5.74) is 0.518. The molecule has 1 aromatic rings. The number of amides is 1. The minimum Gasteiger partial charge on any atom is -0.326 e. The second-order valence-corrected chi connectivity index (χ2v) is 6.16. The molecular weight excluding hydrogens is 240 g/mol. The summed E-state index contributed by atoms with van der Waals surface area (Å²) in [6, 6.07) is 6.28. The summed E-state index contributed by atoms with van der Waals surface area (Å²) in [5, 5.41) is 5.72. The maximum atomic E-state index is 11.7. The number of hydrogen-bond donors (Lipinski definition) is 2. The van der Waals surface area contributed by atoms with Crippen LogP contribution in [0.15, 0.2) is 29.2 Å². The molecule has 0 unspecified atom stereocenters. The highest BCUT2D eigenvalue weighted by Crippen LogP contribution is 2.16. The van der Waals surface area contributed by atoms with Gasteiger partial charge in [-0.05, 0) is 18.2 Å². The van der Waals surface area contributed by atoms with Gasteiger partial charge in [-0.1, -0.05) is 6.07 Å². The number of hydrogen-bond acceptors (Lipinski definition) is 4. The zero-order chi connectivity index (χ0) is 12.5. The van der Waals surface area contributed by atoms with Crippen LogP contribution in [0.5, 0.6) is 0 Å². The Morgan fingerprint density at radius 2 is 2.12 bits per heavy atom. The van der Waals surface area contributed by atoms with Crippen molar-refractivity contribution < 1.29 is 13.2 Å². The van der Waals surface area contributed by atoms with Crippen molar-refractivity contribution in [2.45, 2.75) is 4.90 Å². The predicted octanol–water partition coefficient (Wildman–Crippen LogP) is 0.248. The third-order valence-corrected chi connectivity index (χ3v) is 3.79. The van der Waals surface area contributed by atoms with Crippen LogP contribution in [0, 0.1) is 5.92 Å². The van der Waals surface area contributed by atoms with E-state index in [0.29, 0.717) is 18.8 Å². The maximum absolute atomic E-state index is 11.7. The summed E-state index contributed by atoms with van der Waals surface area (Å²) in [4.78, 5) is 11.9. The molecule has 1 heterocycles. The monoisotopic (exact) mass is 254 g/mol. The molecule has 0 atom stereocenters. The lowest BCUT2D eigenvalue weighted by atomic mass is 10.0. The summed E-state index contributed by atoms with van der Waals surface area (Å²) in [6.07, 6.45) is 1.14. The number of anilines is 1. The highest BCUT2D eigenvalue weighted by Gasteiger charge is 2.24. The molecule has 1 aromatic carbocycles. The van der Waals surface area contributed by atoms with E-state index in [1.165, 1.54) is 12.1 Å². The molecule has 6 heteroatoms. The molecule has 1 aliphatic heterocycles. The molecule has 2 rings (SSSR count). The maximum Gasteiger partial charge on any atom is 0.230 e. The number of sulfone groups is 1. The standard InChI is InChI=1S/C11H14N2O3S/c1-17(15,16)10-4-2-3-9(5-10)13-11(14)8-6-12-7-8/h2-5,8,12H,6-7H2,1H3,(H,13,14). The van der Waals surface area contributed by atoms with E-state index >= 15 is 0 Å². The lowest BCUT2D eigenvalue weighted by molar-refractivity contribution is -0.121. The predicted molar refractivity (Wildman–Crippen MR) is 64.5 cm³/mol. The highest BCUT2D eigenvalue weighted by atomic mass is 32.2. The lowest BCUT2D eigenvalue weighted by Crippen LogP contribution is -2.48. The first-order chi connectivity index (χ1) is 7.97. The van der Waals surface area contributed by atoms with E-state index < -0.39 is 9.84 Å². The summed E-state index contributed by atoms with van der Waals surface area (Å²) < 4.78 is 22.7. The Kier molecular flexibility index (Phi) is 3.17. The van der Waals surface area contributed by atoms with Crippen molar-refractivity contribution in [2.75, 3.05) is 24.7 Å². The molecule has 0 aliphatic carbocycles. The van der Waals surface area contributed by atoms with Gasteiger partial charge in [0.1, 0.15) is 0 Å². The average molecular weight is 254 g/mol. The summed E-state index contributed by atoms with van der Waals surface area (Å²) in [7, 11) is -3.24. The summed E-state index contributed by atoms with van der Waals surface area (Å²) in [5.74, 6) is -0.0914. The van der Waals surface area contributed by atoms with Gasteiger partial charge >= 0.3 is 0 Å². The second-order valence-electron chi connectivity index (χ2n) is 4.14. The average Bonchev–Trinajstić information content (AvgIpc) is 2.13. The van der Waals surface area contributed by atoms with Crippen LogP contribution >= 0.6 is 0 Å². The lowest BCUT2D eigenvalue weighted by Gasteiger charge is -2.25. The Hall–Kier alpha value is -1.40. The normalized spacial score (nSPS) is 16.3. The summed E-state index contributed by atoms with van der Waals surface area (Å²) >= 11 is 0. The van der Waals surface area contributed by atoms with Gasteiger partial charge in [-0.15, -0.1) is 0 Å². The first-order valence-electron chi connectivity index (χ1n) is 5.28. The van der Waals surface area contributed by atoms with Crippen molar-refractivity contribution in [3.63, 3.8) is 0 Å². The highest BCUT2D eigenvalue weighted by molar-refractivity contribution is 7.90. The van der Waals surface area contributed by atoms with E-state index in [0.717, 1.165) is 6.26 Å². The molecule has 0 radical (unpaired) electrons. The van der Waals surface area contributed by atoms with Crippen molar-refractivity contribution in [1.82, 2.24) is 5.32 Å². The summed E-state index contributed by atoms with van der Waals surface area (Å²) in [6.45, 7) is 1.36. The van der Waals surface area contributed by atoms with Gasteiger partial charge < -0.3 is 10.6 Å². The van der Waals surface area contributed by atoms with E-state index in [1.54, 1.807) is 12.1 Å². The van der Waals surface area contributed by atoms with Crippen LogP contribution in [0.4, 0.5) is 5.69 Å². The van der Waals surface area contributed by atoms with Crippen molar-refractivity contribution in [1.29, 1.82) is 0 Å². The molecule has 0 spiro atoms. The fourth-order valence-electron chi connectivity index (χ4n) is 1.52. The molecule has 2 N–H and O–H groups in total. The van der Waals surface area contributed by atoms with Crippen LogP contribution in [0.2, 0.25) is 0 Å². The molecule has 0 saturated carbocycles. The SMILES string of the molecule is CS(=O)(=O)c1cccc(NC(=O)C2CNC2)c1. The van der Waals surface area contributed by atoms with Gasteiger partial charge in [0.2, 0.25) is 5.91 Å². The molecule has 1 amide bonds. The Morgan fingerprint density at radius 1 is 1.41 bits per heavy atom. The number of rotatable bonds is 3. The molecule has 0 aromatic heterocycles. The Balaban J connectivity index is 2.13. The fraction of sp³-hybridized carbons (Fsp3) is 0.364. The molecule has 0 bridgehead atoms. The fourth-order valence-corrected chi connectivity index (χ4v) is 2.19. The largest absolute Gasteiger partial charge is 0.326 e.